The van der Waals surface area contributed by atoms with Crippen molar-refractivity contribution in [3.8, 4) is 11.3 Å². The summed E-state index contributed by atoms with van der Waals surface area (Å²) < 4.78 is 31.9. The minimum absolute atomic E-state index is 0.347. The minimum Gasteiger partial charge on any atom is -0.455 e. The monoisotopic (exact) mass is 454 g/mol. The fraction of sp³-hybridized carbons (Fsp3) is 0.400. The third-order valence-electron chi connectivity index (χ3n) is 6.09. The quantitative estimate of drug-likeness (QED) is 0.470. The highest BCUT2D eigenvalue weighted by molar-refractivity contribution is 6.64. The van der Waals surface area contributed by atoms with E-state index >= 15 is 0 Å². The molecule has 6 nitrogen and oxygen atoms in total. The lowest BCUT2D eigenvalue weighted by Gasteiger charge is -2.32. The number of benzene rings is 2. The van der Waals surface area contributed by atoms with E-state index in [1.165, 1.54) is 12.1 Å². The number of anilines is 1. The summed E-state index contributed by atoms with van der Waals surface area (Å²) in [7, 11) is 7.03. The van der Waals surface area contributed by atoms with E-state index < -0.39 is 18.3 Å². The molecule has 1 N–H and O–H groups in total. The van der Waals surface area contributed by atoms with Crippen LogP contribution >= 0.6 is 0 Å². The molecule has 1 aliphatic rings. The lowest BCUT2D eigenvalue weighted by atomic mass is 9.76. The first-order chi connectivity index (χ1) is 15.5. The van der Waals surface area contributed by atoms with Crippen LogP contribution in [0.4, 0.5) is 10.1 Å². The van der Waals surface area contributed by atoms with Crippen LogP contribution in [0, 0.1) is 5.82 Å². The van der Waals surface area contributed by atoms with Crippen molar-refractivity contribution in [2.45, 2.75) is 38.9 Å². The summed E-state index contributed by atoms with van der Waals surface area (Å²) in [6.07, 6.45) is 0.772. The normalized spacial score (nSPS) is 16.5. The van der Waals surface area contributed by atoms with E-state index in [1.807, 2.05) is 72.9 Å². The first-order valence-corrected chi connectivity index (χ1v) is 10.9. The zero-order chi connectivity index (χ0) is 24.6. The summed E-state index contributed by atoms with van der Waals surface area (Å²) in [5.41, 5.74) is 2.34. The van der Waals surface area contributed by atoms with Gasteiger partial charge < -0.3 is 23.9 Å². The van der Waals surface area contributed by atoms with Crippen molar-refractivity contribution in [1.29, 1.82) is 0 Å². The second kappa shape index (κ2) is 9.29. The van der Waals surface area contributed by atoms with Gasteiger partial charge in [0.05, 0.1) is 16.8 Å². The summed E-state index contributed by atoms with van der Waals surface area (Å²) in [5, 5.41) is 3.42. The summed E-state index contributed by atoms with van der Waals surface area (Å²) in [5.74, 6) is 0.0660. The third kappa shape index (κ3) is 4.69. The van der Waals surface area contributed by atoms with Gasteiger partial charge in [-0.25, -0.2) is 4.39 Å². The van der Waals surface area contributed by atoms with Crippen molar-refractivity contribution in [3.63, 3.8) is 0 Å². The molecule has 0 aliphatic carbocycles. The first kappa shape index (κ1) is 25.0. The van der Waals surface area contributed by atoms with Gasteiger partial charge in [-0.15, -0.1) is 0 Å². The predicted octanol–water partition coefficient (Wildman–Crippen LogP) is 4.25. The van der Waals surface area contributed by atoms with Gasteiger partial charge in [0.2, 0.25) is 0 Å². The zero-order valence-corrected chi connectivity index (χ0v) is 20.6. The molecule has 0 atom stereocenters. The van der Waals surface area contributed by atoms with Crippen LogP contribution in [0.3, 0.4) is 0 Å². The van der Waals surface area contributed by atoms with Gasteiger partial charge >= 0.3 is 7.12 Å². The average Bonchev–Trinajstić information content (AvgIpc) is 3.20. The molecule has 0 amide bonds. The van der Waals surface area contributed by atoms with E-state index in [0.29, 0.717) is 27.9 Å². The van der Waals surface area contributed by atoms with Gasteiger partial charge in [0.1, 0.15) is 17.2 Å². The smallest absolute Gasteiger partial charge is 0.455 e. The van der Waals surface area contributed by atoms with Gasteiger partial charge in [-0.3, -0.25) is 4.79 Å². The van der Waals surface area contributed by atoms with E-state index in [1.54, 1.807) is 12.1 Å². The van der Waals surface area contributed by atoms with Gasteiger partial charge in [0, 0.05) is 42.3 Å². The minimum atomic E-state index is -0.583. The Morgan fingerprint density at radius 1 is 1.00 bits per heavy atom. The van der Waals surface area contributed by atoms with Gasteiger partial charge in [0.15, 0.2) is 6.29 Å². The Bertz CT molecular complexity index is 1120. The van der Waals surface area contributed by atoms with Crippen LogP contribution in [-0.4, -0.2) is 52.8 Å². The Morgan fingerprint density at radius 3 is 2.03 bits per heavy atom. The Morgan fingerprint density at radius 2 is 1.55 bits per heavy atom. The van der Waals surface area contributed by atoms with E-state index in [4.69, 9.17) is 13.7 Å². The molecule has 0 unspecified atom stereocenters. The number of nitrogens with zero attached hydrogens (tertiary/aromatic N) is 1. The second-order valence-corrected chi connectivity index (χ2v) is 9.36. The van der Waals surface area contributed by atoms with Gasteiger partial charge in [-0.1, -0.05) is 0 Å². The lowest BCUT2D eigenvalue weighted by Crippen LogP contribution is -2.41. The Labute approximate surface area is 195 Å². The van der Waals surface area contributed by atoms with Crippen LogP contribution in [0.25, 0.3) is 22.3 Å². The maximum absolute atomic E-state index is 13.3. The number of aldehydes is 1. The SMILES string of the molecule is CN(C)c1cc2oc(-c3ccc(F)cc3)c(C=O)c2cc1B1OC(C)(C)C(C)(C)O1.CNC. The van der Waals surface area contributed by atoms with Crippen molar-refractivity contribution >= 4 is 35.5 Å². The Hall–Kier alpha value is -2.68. The Balaban J connectivity index is 0.000000968. The van der Waals surface area contributed by atoms with E-state index in [9.17, 15) is 9.18 Å². The summed E-state index contributed by atoms with van der Waals surface area (Å²) in [6, 6.07) is 9.67. The average molecular weight is 454 g/mol. The van der Waals surface area contributed by atoms with Gasteiger partial charge in [0.25, 0.3) is 0 Å². The highest BCUT2D eigenvalue weighted by Crippen LogP contribution is 2.39. The third-order valence-corrected chi connectivity index (χ3v) is 6.09. The second-order valence-electron chi connectivity index (χ2n) is 9.36. The van der Waals surface area contributed by atoms with Crippen LogP contribution in [0.15, 0.2) is 40.8 Å². The fourth-order valence-corrected chi connectivity index (χ4v) is 3.65. The molecule has 4 rings (SSSR count). The molecule has 0 saturated carbocycles. The number of carbonyl (C=O) groups excluding carboxylic acids is 1. The van der Waals surface area contributed by atoms with Crippen LogP contribution in [0.1, 0.15) is 38.1 Å². The molecular weight excluding hydrogens is 422 g/mol. The summed E-state index contributed by atoms with van der Waals surface area (Å²) in [4.78, 5) is 14.0. The number of halogens is 1. The number of fused-ring (bicyclic) bond motifs is 1. The largest absolute Gasteiger partial charge is 0.496 e. The molecule has 2 heterocycles. The molecule has 1 aliphatic heterocycles. The number of hydrogen-bond donors (Lipinski definition) is 1. The molecule has 3 aromatic rings. The van der Waals surface area contributed by atoms with Gasteiger partial charge in [-0.05, 0) is 72.1 Å². The number of furan rings is 1. The zero-order valence-electron chi connectivity index (χ0n) is 20.6. The van der Waals surface area contributed by atoms with Crippen LogP contribution in [0.2, 0.25) is 0 Å². The molecular formula is C25H32BFN2O4. The first-order valence-electron chi connectivity index (χ1n) is 10.9. The molecule has 0 spiro atoms. The molecule has 0 radical (unpaired) electrons. The summed E-state index contributed by atoms with van der Waals surface area (Å²) in [6.45, 7) is 8.01. The number of carbonyl (C=O) groups is 1. The molecule has 1 aromatic heterocycles. The standard InChI is InChI=1S/C23H25BFNO4.C2H7N/c1-22(2)23(3,4)30-24(29-22)18-11-16-17(13-27)21(14-7-9-15(25)10-8-14)28-20(16)12-19(18)26(5)6;1-3-2/h7-13H,1-6H3;3H,1-2H3. The molecule has 2 aromatic carbocycles. The van der Waals surface area contributed by atoms with Crippen molar-refractivity contribution in [2.75, 3.05) is 33.1 Å². The van der Waals surface area contributed by atoms with E-state index in [0.717, 1.165) is 17.4 Å². The summed E-state index contributed by atoms with van der Waals surface area (Å²) >= 11 is 0. The molecule has 1 saturated heterocycles. The van der Waals surface area contributed by atoms with Crippen molar-refractivity contribution in [1.82, 2.24) is 5.32 Å². The fourth-order valence-electron chi connectivity index (χ4n) is 3.65. The molecule has 8 heteroatoms. The molecule has 0 bridgehead atoms. The number of hydrogen-bond acceptors (Lipinski definition) is 6. The predicted molar refractivity (Wildman–Crippen MR) is 132 cm³/mol. The van der Waals surface area contributed by atoms with Crippen LogP contribution in [-0.2, 0) is 9.31 Å². The topological polar surface area (TPSA) is 63.9 Å². The molecule has 33 heavy (non-hydrogen) atoms. The van der Waals surface area contributed by atoms with Crippen LogP contribution < -0.4 is 15.7 Å². The van der Waals surface area contributed by atoms with Gasteiger partial charge in [-0.2, -0.15) is 0 Å². The van der Waals surface area contributed by atoms with E-state index in [2.05, 4.69) is 5.32 Å². The maximum Gasteiger partial charge on any atom is 0.496 e. The number of rotatable bonds is 4. The number of nitrogens with one attached hydrogen (secondary N) is 1. The highest BCUT2D eigenvalue weighted by Gasteiger charge is 2.52. The Kier molecular flexibility index (Phi) is 7.03. The maximum atomic E-state index is 13.3. The van der Waals surface area contributed by atoms with Crippen molar-refractivity contribution < 1.29 is 22.9 Å². The van der Waals surface area contributed by atoms with Crippen molar-refractivity contribution in [2.24, 2.45) is 0 Å². The highest BCUT2D eigenvalue weighted by atomic mass is 19.1. The lowest BCUT2D eigenvalue weighted by molar-refractivity contribution is 0.00578. The van der Waals surface area contributed by atoms with Crippen LogP contribution in [0.5, 0.6) is 0 Å². The molecule has 1 fully saturated rings. The van der Waals surface area contributed by atoms with E-state index in [-0.39, 0.29) is 5.82 Å². The molecule has 176 valence electrons. The van der Waals surface area contributed by atoms with Crippen molar-refractivity contribution in [3.05, 3.63) is 47.8 Å².